The van der Waals surface area contributed by atoms with Crippen molar-refractivity contribution in [2.45, 2.75) is 32.1 Å². The first kappa shape index (κ1) is 16.8. The average Bonchev–Trinajstić information content (AvgIpc) is 3.17. The summed E-state index contributed by atoms with van der Waals surface area (Å²) in [7, 11) is 0. The Bertz CT molecular complexity index is 809. The Labute approximate surface area is 152 Å². The van der Waals surface area contributed by atoms with Crippen LogP contribution < -0.4 is 0 Å². The van der Waals surface area contributed by atoms with E-state index in [1.165, 1.54) is 0 Å². The molecule has 1 aliphatic rings. The van der Waals surface area contributed by atoms with Crippen LogP contribution in [0.3, 0.4) is 0 Å². The molecule has 0 bridgehead atoms. The summed E-state index contributed by atoms with van der Waals surface area (Å²) in [5, 5.41) is 8.29. The van der Waals surface area contributed by atoms with E-state index in [0.29, 0.717) is 24.9 Å². The van der Waals surface area contributed by atoms with Gasteiger partial charge >= 0.3 is 0 Å². The molecule has 26 heavy (non-hydrogen) atoms. The summed E-state index contributed by atoms with van der Waals surface area (Å²) < 4.78 is 11.8. The first-order valence-electron chi connectivity index (χ1n) is 8.83. The number of likely N-dealkylation sites (tertiary alicyclic amines) is 1. The molecule has 0 spiro atoms. The molecule has 3 aromatic heterocycles. The van der Waals surface area contributed by atoms with Gasteiger partial charge in [-0.2, -0.15) is 0 Å². The molecule has 134 valence electrons. The van der Waals surface area contributed by atoms with E-state index in [9.17, 15) is 0 Å². The molecule has 0 amide bonds. The smallest absolute Gasteiger partial charge is 0.249 e. The Morgan fingerprint density at radius 2 is 2.15 bits per heavy atom. The quantitative estimate of drug-likeness (QED) is 0.676. The Morgan fingerprint density at radius 1 is 1.15 bits per heavy atom. The second-order valence-electron chi connectivity index (χ2n) is 6.37. The number of ether oxygens (including phenoxy) is 1. The zero-order chi connectivity index (χ0) is 17.6. The van der Waals surface area contributed by atoms with E-state index in [0.717, 1.165) is 37.2 Å². The highest BCUT2D eigenvalue weighted by Crippen LogP contribution is 2.19. The molecule has 1 aliphatic heterocycles. The SMILES string of the molecule is c1ccc(COC2CCCN(Cc3nnc(-c4cccnc4)o3)C2)nc1. The van der Waals surface area contributed by atoms with Crippen LogP contribution in [0.1, 0.15) is 24.4 Å². The van der Waals surface area contributed by atoms with Crippen LogP contribution in [0, 0.1) is 0 Å². The number of nitrogens with zero attached hydrogens (tertiary/aromatic N) is 5. The van der Waals surface area contributed by atoms with Crippen LogP contribution in [0.25, 0.3) is 11.5 Å². The zero-order valence-electron chi connectivity index (χ0n) is 14.5. The molecule has 3 aromatic rings. The van der Waals surface area contributed by atoms with Crippen molar-refractivity contribution in [1.29, 1.82) is 0 Å². The van der Waals surface area contributed by atoms with Gasteiger partial charge in [0.05, 0.1) is 30.5 Å². The maximum atomic E-state index is 6.03. The van der Waals surface area contributed by atoms with E-state index in [1.807, 2.05) is 30.3 Å². The minimum absolute atomic E-state index is 0.200. The predicted octanol–water partition coefficient (Wildman–Crippen LogP) is 2.71. The van der Waals surface area contributed by atoms with Crippen molar-refractivity contribution < 1.29 is 9.15 Å². The lowest BCUT2D eigenvalue weighted by atomic mass is 10.1. The monoisotopic (exact) mass is 351 g/mol. The molecule has 0 aromatic carbocycles. The molecule has 0 radical (unpaired) electrons. The maximum Gasteiger partial charge on any atom is 0.249 e. The summed E-state index contributed by atoms with van der Waals surface area (Å²) in [6, 6.07) is 9.64. The topological polar surface area (TPSA) is 77.2 Å². The lowest BCUT2D eigenvalue weighted by Gasteiger charge is -2.31. The van der Waals surface area contributed by atoms with Crippen LogP contribution in [0.15, 0.2) is 53.3 Å². The summed E-state index contributed by atoms with van der Waals surface area (Å²) in [5.41, 5.74) is 1.80. The molecule has 0 aliphatic carbocycles. The van der Waals surface area contributed by atoms with Crippen molar-refractivity contribution in [1.82, 2.24) is 25.1 Å². The van der Waals surface area contributed by atoms with Crippen molar-refractivity contribution in [3.05, 3.63) is 60.5 Å². The summed E-state index contributed by atoms with van der Waals surface area (Å²) in [6.45, 7) is 3.05. The lowest BCUT2D eigenvalue weighted by Crippen LogP contribution is -2.39. The number of hydrogen-bond donors (Lipinski definition) is 0. The summed E-state index contributed by atoms with van der Waals surface area (Å²) in [5.74, 6) is 1.13. The fourth-order valence-electron chi connectivity index (χ4n) is 3.09. The van der Waals surface area contributed by atoms with Gasteiger partial charge in [-0.3, -0.25) is 14.9 Å². The number of rotatable bonds is 6. The van der Waals surface area contributed by atoms with Crippen molar-refractivity contribution in [2.24, 2.45) is 0 Å². The number of piperidine rings is 1. The molecule has 4 rings (SSSR count). The zero-order valence-corrected chi connectivity index (χ0v) is 14.5. The standard InChI is InChI=1S/C19H21N5O2/c1-2-9-21-16(6-1)14-25-17-7-4-10-24(12-17)13-18-22-23-19(26-18)15-5-3-8-20-11-15/h1-3,5-6,8-9,11,17H,4,7,10,12-14H2. The minimum atomic E-state index is 0.200. The molecular weight excluding hydrogens is 330 g/mol. The van der Waals surface area contributed by atoms with E-state index in [2.05, 4.69) is 25.1 Å². The number of aromatic nitrogens is 4. The van der Waals surface area contributed by atoms with Gasteiger partial charge in [-0.15, -0.1) is 10.2 Å². The van der Waals surface area contributed by atoms with Crippen molar-refractivity contribution >= 4 is 0 Å². The molecular formula is C19H21N5O2. The first-order valence-corrected chi connectivity index (χ1v) is 8.83. The van der Waals surface area contributed by atoms with Crippen molar-refractivity contribution in [3.8, 4) is 11.5 Å². The fourth-order valence-corrected chi connectivity index (χ4v) is 3.09. The van der Waals surface area contributed by atoms with E-state index >= 15 is 0 Å². The Hall–Kier alpha value is -2.64. The highest BCUT2D eigenvalue weighted by molar-refractivity contribution is 5.49. The normalized spacial score (nSPS) is 18.1. The maximum absolute atomic E-state index is 6.03. The lowest BCUT2D eigenvalue weighted by molar-refractivity contribution is -0.0149. The second-order valence-corrected chi connectivity index (χ2v) is 6.37. The number of pyridine rings is 2. The molecule has 0 saturated carbocycles. The molecule has 1 fully saturated rings. The molecule has 1 unspecified atom stereocenters. The summed E-state index contributed by atoms with van der Waals surface area (Å²) in [6.07, 6.45) is 7.59. The number of hydrogen-bond acceptors (Lipinski definition) is 7. The van der Waals surface area contributed by atoms with Crippen LogP contribution in [0.5, 0.6) is 0 Å². The third-order valence-electron chi connectivity index (χ3n) is 4.39. The molecule has 7 nitrogen and oxygen atoms in total. The highest BCUT2D eigenvalue weighted by atomic mass is 16.5. The van der Waals surface area contributed by atoms with Crippen LogP contribution in [-0.4, -0.2) is 44.3 Å². The molecule has 4 heterocycles. The largest absolute Gasteiger partial charge is 0.419 e. The van der Waals surface area contributed by atoms with Gasteiger partial charge in [0.15, 0.2) is 0 Å². The van der Waals surface area contributed by atoms with Gasteiger partial charge < -0.3 is 9.15 Å². The predicted molar refractivity (Wildman–Crippen MR) is 94.9 cm³/mol. The highest BCUT2D eigenvalue weighted by Gasteiger charge is 2.22. The fraction of sp³-hybridized carbons (Fsp3) is 0.368. The van der Waals surface area contributed by atoms with Crippen molar-refractivity contribution in [2.75, 3.05) is 13.1 Å². The summed E-state index contributed by atoms with van der Waals surface area (Å²) in [4.78, 5) is 10.7. The van der Waals surface area contributed by atoms with Gasteiger partial charge in [0.25, 0.3) is 0 Å². The molecule has 0 N–H and O–H groups in total. The van der Waals surface area contributed by atoms with Gasteiger partial charge in [-0.25, -0.2) is 0 Å². The summed E-state index contributed by atoms with van der Waals surface area (Å²) >= 11 is 0. The van der Waals surface area contributed by atoms with Crippen LogP contribution in [0.2, 0.25) is 0 Å². The van der Waals surface area contributed by atoms with Gasteiger partial charge in [-0.05, 0) is 43.7 Å². The van der Waals surface area contributed by atoms with Crippen LogP contribution in [-0.2, 0) is 17.9 Å². The van der Waals surface area contributed by atoms with Gasteiger partial charge in [0, 0.05) is 25.1 Å². The third-order valence-corrected chi connectivity index (χ3v) is 4.39. The minimum Gasteiger partial charge on any atom is -0.419 e. The van der Waals surface area contributed by atoms with E-state index in [1.54, 1.807) is 18.6 Å². The second kappa shape index (κ2) is 8.16. The Morgan fingerprint density at radius 3 is 3.00 bits per heavy atom. The molecule has 7 heteroatoms. The van der Waals surface area contributed by atoms with E-state index in [-0.39, 0.29) is 6.10 Å². The van der Waals surface area contributed by atoms with Crippen LogP contribution >= 0.6 is 0 Å². The third kappa shape index (κ3) is 4.30. The van der Waals surface area contributed by atoms with E-state index in [4.69, 9.17) is 9.15 Å². The Balaban J connectivity index is 1.32. The molecule has 1 saturated heterocycles. The molecule has 1 atom stereocenters. The average molecular weight is 351 g/mol. The first-order chi connectivity index (χ1) is 12.9. The van der Waals surface area contributed by atoms with Gasteiger partial charge in [0.2, 0.25) is 11.8 Å². The Kier molecular flexibility index (Phi) is 5.27. The van der Waals surface area contributed by atoms with Crippen LogP contribution in [0.4, 0.5) is 0 Å². The van der Waals surface area contributed by atoms with E-state index < -0.39 is 0 Å². The van der Waals surface area contributed by atoms with Gasteiger partial charge in [0.1, 0.15) is 0 Å². The van der Waals surface area contributed by atoms with Gasteiger partial charge in [-0.1, -0.05) is 6.07 Å². The van der Waals surface area contributed by atoms with Crippen molar-refractivity contribution in [3.63, 3.8) is 0 Å².